The molecule has 120 valence electrons. The molecule has 0 aliphatic heterocycles. The summed E-state index contributed by atoms with van der Waals surface area (Å²) in [6, 6.07) is 15.4. The van der Waals surface area contributed by atoms with E-state index in [0.29, 0.717) is 24.4 Å². The van der Waals surface area contributed by atoms with Crippen LogP contribution in [0.3, 0.4) is 0 Å². The first-order chi connectivity index (χ1) is 11.2. The summed E-state index contributed by atoms with van der Waals surface area (Å²) >= 11 is 0. The van der Waals surface area contributed by atoms with Crippen LogP contribution in [0.5, 0.6) is 5.75 Å². The molecule has 4 heteroatoms. The van der Waals surface area contributed by atoms with Crippen LogP contribution in [0.2, 0.25) is 0 Å². The number of nitrogens with one attached hydrogen (secondary N) is 2. The maximum Gasteiger partial charge on any atom is 0.252 e. The van der Waals surface area contributed by atoms with Crippen molar-refractivity contribution in [1.29, 1.82) is 0 Å². The first kappa shape index (κ1) is 16.6. The number of hydrogen-bond donors (Lipinski definition) is 2. The second kappa shape index (κ2) is 8.63. The molecule has 0 saturated heterocycles. The predicted octanol–water partition coefficient (Wildman–Crippen LogP) is 3.57. The Balaban J connectivity index is 1.94. The number of carbonyl (C=O) groups is 1. The van der Waals surface area contributed by atoms with Gasteiger partial charge < -0.3 is 15.4 Å². The Morgan fingerprint density at radius 3 is 2.61 bits per heavy atom. The van der Waals surface area contributed by atoms with E-state index < -0.39 is 0 Å². The summed E-state index contributed by atoms with van der Waals surface area (Å²) in [5, 5.41) is 6.19. The van der Waals surface area contributed by atoms with Crippen LogP contribution in [0, 0.1) is 0 Å². The number of ether oxygens (including phenoxy) is 1. The Morgan fingerprint density at radius 1 is 1.13 bits per heavy atom. The number of allylic oxidation sites excluding steroid dienone is 1. The van der Waals surface area contributed by atoms with Gasteiger partial charge in [-0.1, -0.05) is 36.4 Å². The molecule has 2 rings (SSSR count). The smallest absolute Gasteiger partial charge is 0.252 e. The maximum absolute atomic E-state index is 12.4. The predicted molar refractivity (Wildman–Crippen MR) is 95.0 cm³/mol. The molecule has 0 bridgehead atoms. The van der Waals surface area contributed by atoms with Gasteiger partial charge in [-0.2, -0.15) is 0 Å². The molecule has 0 aromatic heterocycles. The third-order valence-electron chi connectivity index (χ3n) is 3.36. The van der Waals surface area contributed by atoms with Gasteiger partial charge in [0.05, 0.1) is 12.7 Å². The zero-order chi connectivity index (χ0) is 16.5. The van der Waals surface area contributed by atoms with E-state index in [1.54, 1.807) is 13.2 Å². The highest BCUT2D eigenvalue weighted by atomic mass is 16.5. The van der Waals surface area contributed by atoms with Crippen LogP contribution < -0.4 is 15.4 Å². The fraction of sp³-hybridized carbons (Fsp3) is 0.211. The minimum atomic E-state index is -0.105. The maximum atomic E-state index is 12.4. The van der Waals surface area contributed by atoms with Crippen LogP contribution in [-0.2, 0) is 0 Å². The lowest BCUT2D eigenvalue weighted by Gasteiger charge is -2.11. The van der Waals surface area contributed by atoms with Gasteiger partial charge in [0, 0.05) is 18.8 Å². The van der Waals surface area contributed by atoms with E-state index in [2.05, 4.69) is 10.6 Å². The largest absolute Gasteiger partial charge is 0.497 e. The van der Waals surface area contributed by atoms with Crippen molar-refractivity contribution in [3.63, 3.8) is 0 Å². The number of carbonyl (C=O) groups excluding carboxylic acids is 1. The minimum Gasteiger partial charge on any atom is -0.497 e. The van der Waals surface area contributed by atoms with Crippen LogP contribution in [0.4, 0.5) is 5.69 Å². The zero-order valence-corrected chi connectivity index (χ0v) is 13.5. The van der Waals surface area contributed by atoms with Crippen molar-refractivity contribution in [2.24, 2.45) is 0 Å². The number of methoxy groups -OCH3 is 1. The normalized spacial score (nSPS) is 10.5. The van der Waals surface area contributed by atoms with Crippen LogP contribution in [-0.4, -0.2) is 26.1 Å². The van der Waals surface area contributed by atoms with Crippen LogP contribution in [0.1, 0.15) is 22.8 Å². The summed E-state index contributed by atoms with van der Waals surface area (Å²) in [4.78, 5) is 12.4. The Kier molecular flexibility index (Phi) is 6.24. The Labute approximate surface area is 137 Å². The number of hydrogen-bond acceptors (Lipinski definition) is 3. The number of benzene rings is 2. The topological polar surface area (TPSA) is 50.4 Å². The molecule has 2 N–H and O–H groups in total. The molecule has 0 heterocycles. The van der Waals surface area contributed by atoms with E-state index in [4.69, 9.17) is 4.74 Å². The van der Waals surface area contributed by atoms with Crippen molar-refractivity contribution in [3.8, 4) is 5.75 Å². The average Bonchev–Trinajstić information content (AvgIpc) is 2.60. The average molecular weight is 310 g/mol. The fourth-order valence-electron chi connectivity index (χ4n) is 2.22. The van der Waals surface area contributed by atoms with Gasteiger partial charge in [-0.3, -0.25) is 4.79 Å². The lowest BCUT2D eigenvalue weighted by atomic mass is 10.1. The molecule has 0 spiro atoms. The second-order valence-electron chi connectivity index (χ2n) is 5.00. The lowest BCUT2D eigenvalue weighted by Crippen LogP contribution is -2.29. The third kappa shape index (κ3) is 4.88. The van der Waals surface area contributed by atoms with Crippen molar-refractivity contribution in [2.45, 2.75) is 6.92 Å². The Hall–Kier alpha value is -2.75. The molecule has 0 atom stereocenters. The summed E-state index contributed by atoms with van der Waals surface area (Å²) < 4.78 is 5.21. The van der Waals surface area contributed by atoms with Crippen molar-refractivity contribution in [2.75, 3.05) is 25.5 Å². The van der Waals surface area contributed by atoms with Crippen molar-refractivity contribution >= 4 is 17.7 Å². The molecule has 0 fully saturated rings. The minimum absolute atomic E-state index is 0.105. The van der Waals surface area contributed by atoms with Gasteiger partial charge in [0.1, 0.15) is 5.75 Å². The molecule has 2 aromatic carbocycles. The van der Waals surface area contributed by atoms with E-state index >= 15 is 0 Å². The molecule has 0 saturated carbocycles. The monoisotopic (exact) mass is 310 g/mol. The second-order valence-corrected chi connectivity index (χ2v) is 5.00. The van der Waals surface area contributed by atoms with Gasteiger partial charge in [0.25, 0.3) is 5.91 Å². The van der Waals surface area contributed by atoms with Crippen molar-refractivity contribution < 1.29 is 9.53 Å². The first-order valence-electron chi connectivity index (χ1n) is 7.62. The van der Waals surface area contributed by atoms with E-state index in [9.17, 15) is 4.79 Å². The third-order valence-corrected chi connectivity index (χ3v) is 3.36. The molecule has 23 heavy (non-hydrogen) atoms. The quantitative estimate of drug-likeness (QED) is 0.769. The fourth-order valence-corrected chi connectivity index (χ4v) is 2.22. The molecular weight excluding hydrogens is 288 g/mol. The highest BCUT2D eigenvalue weighted by molar-refractivity contribution is 5.98. The summed E-state index contributed by atoms with van der Waals surface area (Å²) in [7, 11) is 1.59. The Morgan fingerprint density at radius 2 is 1.91 bits per heavy atom. The molecule has 1 amide bonds. The Bertz CT molecular complexity index is 666. The summed E-state index contributed by atoms with van der Waals surface area (Å²) in [5.41, 5.74) is 2.53. The summed E-state index contributed by atoms with van der Waals surface area (Å²) in [5.74, 6) is 0.567. The molecule has 4 nitrogen and oxygen atoms in total. The molecule has 2 aromatic rings. The van der Waals surface area contributed by atoms with Crippen molar-refractivity contribution in [3.05, 3.63) is 65.7 Å². The van der Waals surface area contributed by atoms with Gasteiger partial charge in [0.15, 0.2) is 0 Å². The van der Waals surface area contributed by atoms with E-state index in [-0.39, 0.29) is 5.91 Å². The number of rotatable bonds is 7. The highest BCUT2D eigenvalue weighted by Gasteiger charge is 2.10. The number of anilines is 1. The summed E-state index contributed by atoms with van der Waals surface area (Å²) in [6.07, 6.45) is 3.83. The van der Waals surface area contributed by atoms with Crippen LogP contribution in [0.25, 0.3) is 6.08 Å². The zero-order valence-electron chi connectivity index (χ0n) is 13.5. The van der Waals surface area contributed by atoms with Gasteiger partial charge in [-0.25, -0.2) is 0 Å². The number of amides is 1. The highest BCUT2D eigenvalue weighted by Crippen LogP contribution is 2.19. The SMILES string of the molecule is CC=Cc1ccc(OC)cc1C(=O)NCCNc1ccccc1. The van der Waals surface area contributed by atoms with E-state index in [1.807, 2.05) is 61.5 Å². The van der Waals surface area contributed by atoms with Gasteiger partial charge in [-0.05, 0) is 36.8 Å². The van der Waals surface area contributed by atoms with Crippen LogP contribution >= 0.6 is 0 Å². The van der Waals surface area contributed by atoms with E-state index in [1.165, 1.54) is 0 Å². The van der Waals surface area contributed by atoms with Gasteiger partial charge in [-0.15, -0.1) is 0 Å². The van der Waals surface area contributed by atoms with Gasteiger partial charge >= 0.3 is 0 Å². The standard InChI is InChI=1S/C19H22N2O2/c1-3-7-15-10-11-17(23-2)14-18(15)19(22)21-13-12-20-16-8-5-4-6-9-16/h3-11,14,20H,12-13H2,1-2H3,(H,21,22). The van der Waals surface area contributed by atoms with Crippen LogP contribution in [0.15, 0.2) is 54.6 Å². The van der Waals surface area contributed by atoms with Gasteiger partial charge in [0.2, 0.25) is 0 Å². The molecule has 0 radical (unpaired) electrons. The molecular formula is C19H22N2O2. The van der Waals surface area contributed by atoms with Crippen molar-refractivity contribution in [1.82, 2.24) is 5.32 Å². The lowest BCUT2D eigenvalue weighted by molar-refractivity contribution is 0.0954. The first-order valence-corrected chi connectivity index (χ1v) is 7.62. The molecule has 0 unspecified atom stereocenters. The number of para-hydroxylation sites is 1. The van der Waals surface area contributed by atoms with E-state index in [0.717, 1.165) is 11.3 Å². The molecule has 0 aliphatic rings. The molecule has 0 aliphatic carbocycles. The summed E-state index contributed by atoms with van der Waals surface area (Å²) in [6.45, 7) is 3.13.